The summed E-state index contributed by atoms with van der Waals surface area (Å²) in [5.41, 5.74) is 7.15. The molecule has 6 heteroatoms. The van der Waals surface area contributed by atoms with Crippen LogP contribution >= 0.6 is 0 Å². The number of anilines is 2. The zero-order chi connectivity index (χ0) is 14.1. The van der Waals surface area contributed by atoms with E-state index in [0.29, 0.717) is 18.3 Å². The summed E-state index contributed by atoms with van der Waals surface area (Å²) in [6.45, 7) is 1.44. The minimum Gasteiger partial charge on any atom is -0.398 e. The second-order valence-corrected chi connectivity index (χ2v) is 5.49. The molecule has 2 aliphatic rings. The maximum absolute atomic E-state index is 11.0. The van der Waals surface area contributed by atoms with Gasteiger partial charge in [0.1, 0.15) is 0 Å². The Bertz CT molecular complexity index is 518. The highest BCUT2D eigenvalue weighted by Gasteiger charge is 2.34. The quantitative estimate of drug-likeness (QED) is 0.509. The first kappa shape index (κ1) is 13.2. The van der Waals surface area contributed by atoms with Crippen LogP contribution in [0.4, 0.5) is 17.1 Å². The molecule has 1 aliphatic heterocycles. The van der Waals surface area contributed by atoms with Crippen LogP contribution in [0.5, 0.6) is 0 Å². The first-order valence-corrected chi connectivity index (χ1v) is 7.08. The van der Waals surface area contributed by atoms with Crippen molar-refractivity contribution < 1.29 is 9.66 Å². The first-order valence-electron chi connectivity index (χ1n) is 7.08. The molecule has 3 rings (SSSR count). The molecule has 1 aromatic rings. The van der Waals surface area contributed by atoms with Crippen LogP contribution in [0.2, 0.25) is 0 Å². The summed E-state index contributed by atoms with van der Waals surface area (Å²) in [6.07, 6.45) is 4.79. The number of non-ortho nitro benzene ring substituents is 1. The third kappa shape index (κ3) is 2.43. The highest BCUT2D eigenvalue weighted by atomic mass is 16.6. The van der Waals surface area contributed by atoms with Crippen molar-refractivity contribution in [3.05, 3.63) is 28.3 Å². The van der Waals surface area contributed by atoms with Gasteiger partial charge in [-0.1, -0.05) is 12.8 Å². The van der Waals surface area contributed by atoms with E-state index in [1.54, 1.807) is 6.07 Å². The maximum atomic E-state index is 11.0. The Morgan fingerprint density at radius 1 is 1.30 bits per heavy atom. The Morgan fingerprint density at radius 3 is 2.90 bits per heavy atom. The van der Waals surface area contributed by atoms with E-state index in [1.165, 1.54) is 18.9 Å². The summed E-state index contributed by atoms with van der Waals surface area (Å²) in [5.74, 6) is 0. The monoisotopic (exact) mass is 277 g/mol. The first-order chi connectivity index (χ1) is 9.65. The number of nitrogens with two attached hydrogens (primary N) is 1. The molecule has 1 aliphatic carbocycles. The van der Waals surface area contributed by atoms with Gasteiger partial charge in [-0.05, 0) is 18.9 Å². The normalized spacial score (nSPS) is 26.1. The molecule has 108 valence electrons. The van der Waals surface area contributed by atoms with Gasteiger partial charge < -0.3 is 15.4 Å². The topological polar surface area (TPSA) is 81.6 Å². The fourth-order valence-corrected chi connectivity index (χ4v) is 3.31. The molecular formula is C14H19N3O3. The number of hydrogen-bond acceptors (Lipinski definition) is 5. The Balaban J connectivity index is 1.92. The molecule has 2 unspecified atom stereocenters. The minimum absolute atomic E-state index is 0.0545. The number of ether oxygens (including phenoxy) is 1. The standard InChI is InChI=1S/C14H19N3O3/c15-10-7-11(9-12(8-10)17(18)19)16-5-6-20-14-4-2-1-3-13(14)16/h7-9,13-14H,1-6,15H2. The molecule has 0 spiro atoms. The maximum Gasteiger partial charge on any atom is 0.273 e. The third-order valence-corrected chi connectivity index (χ3v) is 4.20. The number of morpholine rings is 1. The molecule has 20 heavy (non-hydrogen) atoms. The number of nitrogen functional groups attached to an aromatic ring is 1. The largest absolute Gasteiger partial charge is 0.398 e. The van der Waals surface area contributed by atoms with Crippen LogP contribution in [0.15, 0.2) is 18.2 Å². The lowest BCUT2D eigenvalue weighted by Gasteiger charge is -2.45. The molecular weight excluding hydrogens is 258 g/mol. The molecule has 2 N–H and O–H groups in total. The minimum atomic E-state index is -0.390. The molecule has 1 saturated heterocycles. The fourth-order valence-electron chi connectivity index (χ4n) is 3.31. The van der Waals surface area contributed by atoms with Crippen LogP contribution in [0.1, 0.15) is 25.7 Å². The smallest absolute Gasteiger partial charge is 0.273 e. The molecule has 2 atom stereocenters. The second kappa shape index (κ2) is 5.28. The highest BCUT2D eigenvalue weighted by Crippen LogP contribution is 2.34. The lowest BCUT2D eigenvalue weighted by atomic mass is 9.89. The third-order valence-electron chi connectivity index (χ3n) is 4.20. The van der Waals surface area contributed by atoms with Crippen molar-refractivity contribution in [1.29, 1.82) is 0 Å². The van der Waals surface area contributed by atoms with E-state index in [4.69, 9.17) is 10.5 Å². The summed E-state index contributed by atoms with van der Waals surface area (Å²) < 4.78 is 5.83. The predicted molar refractivity (Wildman–Crippen MR) is 76.9 cm³/mol. The van der Waals surface area contributed by atoms with Gasteiger partial charge in [0.05, 0.1) is 23.7 Å². The summed E-state index contributed by atoms with van der Waals surface area (Å²) >= 11 is 0. The molecule has 6 nitrogen and oxygen atoms in total. The number of nitro groups is 1. The molecule has 1 heterocycles. The van der Waals surface area contributed by atoms with Gasteiger partial charge in [0.15, 0.2) is 0 Å². The van der Waals surface area contributed by atoms with Gasteiger partial charge >= 0.3 is 0 Å². The van der Waals surface area contributed by atoms with Crippen LogP contribution in [-0.2, 0) is 4.74 Å². The van der Waals surface area contributed by atoms with Crippen molar-refractivity contribution in [1.82, 2.24) is 0 Å². The zero-order valence-electron chi connectivity index (χ0n) is 11.3. The van der Waals surface area contributed by atoms with Crippen molar-refractivity contribution in [2.45, 2.75) is 37.8 Å². The molecule has 1 saturated carbocycles. The van der Waals surface area contributed by atoms with Gasteiger partial charge in [-0.15, -0.1) is 0 Å². The lowest BCUT2D eigenvalue weighted by Crippen LogP contribution is -2.52. The van der Waals surface area contributed by atoms with Crippen molar-refractivity contribution in [2.24, 2.45) is 0 Å². The number of nitro benzene ring substituents is 1. The Kier molecular flexibility index (Phi) is 3.48. The fraction of sp³-hybridized carbons (Fsp3) is 0.571. The SMILES string of the molecule is Nc1cc(N2CCOC3CCCCC32)cc([N+](=O)[O-])c1. The number of fused-ring (bicyclic) bond motifs is 1. The molecule has 1 aromatic carbocycles. The average molecular weight is 277 g/mol. The van der Waals surface area contributed by atoms with Crippen molar-refractivity contribution in [2.75, 3.05) is 23.8 Å². The van der Waals surface area contributed by atoms with Crippen molar-refractivity contribution in [3.8, 4) is 0 Å². The van der Waals surface area contributed by atoms with E-state index in [-0.39, 0.29) is 11.8 Å². The van der Waals surface area contributed by atoms with Crippen LogP contribution in [0.25, 0.3) is 0 Å². The van der Waals surface area contributed by atoms with Crippen LogP contribution in [0.3, 0.4) is 0 Å². The van der Waals surface area contributed by atoms with E-state index >= 15 is 0 Å². The van der Waals surface area contributed by atoms with Crippen molar-refractivity contribution in [3.63, 3.8) is 0 Å². The van der Waals surface area contributed by atoms with Gasteiger partial charge in [-0.2, -0.15) is 0 Å². The summed E-state index contributed by atoms with van der Waals surface area (Å²) in [6, 6.07) is 5.17. The Labute approximate surface area is 117 Å². The highest BCUT2D eigenvalue weighted by molar-refractivity contribution is 5.63. The predicted octanol–water partition coefficient (Wildman–Crippen LogP) is 2.32. The number of hydrogen-bond donors (Lipinski definition) is 1. The molecule has 0 bridgehead atoms. The van der Waals surface area contributed by atoms with E-state index < -0.39 is 4.92 Å². The van der Waals surface area contributed by atoms with Gasteiger partial charge in [0.25, 0.3) is 5.69 Å². The van der Waals surface area contributed by atoms with E-state index in [1.807, 2.05) is 6.07 Å². The van der Waals surface area contributed by atoms with Crippen LogP contribution in [-0.4, -0.2) is 30.2 Å². The summed E-state index contributed by atoms with van der Waals surface area (Å²) in [4.78, 5) is 12.8. The van der Waals surface area contributed by atoms with Gasteiger partial charge in [-0.3, -0.25) is 10.1 Å². The van der Waals surface area contributed by atoms with E-state index in [2.05, 4.69) is 4.90 Å². The number of nitrogens with zero attached hydrogens (tertiary/aromatic N) is 2. The second-order valence-electron chi connectivity index (χ2n) is 5.49. The lowest BCUT2D eigenvalue weighted by molar-refractivity contribution is -0.384. The average Bonchev–Trinajstić information content (AvgIpc) is 2.46. The van der Waals surface area contributed by atoms with Crippen molar-refractivity contribution >= 4 is 17.1 Å². The zero-order valence-corrected chi connectivity index (χ0v) is 11.3. The van der Waals surface area contributed by atoms with E-state index in [9.17, 15) is 10.1 Å². The van der Waals surface area contributed by atoms with Gasteiger partial charge in [0, 0.05) is 30.1 Å². The molecule has 2 fully saturated rings. The van der Waals surface area contributed by atoms with Crippen LogP contribution in [0, 0.1) is 10.1 Å². The Hall–Kier alpha value is -1.82. The van der Waals surface area contributed by atoms with E-state index in [0.717, 1.165) is 25.1 Å². The van der Waals surface area contributed by atoms with Gasteiger partial charge in [0.2, 0.25) is 0 Å². The number of benzene rings is 1. The summed E-state index contributed by atoms with van der Waals surface area (Å²) in [5, 5.41) is 11.0. The number of rotatable bonds is 2. The van der Waals surface area contributed by atoms with Crippen LogP contribution < -0.4 is 10.6 Å². The van der Waals surface area contributed by atoms with Gasteiger partial charge in [-0.25, -0.2) is 0 Å². The molecule has 0 radical (unpaired) electrons. The molecule has 0 amide bonds. The summed E-state index contributed by atoms with van der Waals surface area (Å²) in [7, 11) is 0. The molecule has 0 aromatic heterocycles. The Morgan fingerprint density at radius 2 is 2.10 bits per heavy atom.